The first-order valence-corrected chi connectivity index (χ1v) is 8.13. The third-order valence-corrected chi connectivity index (χ3v) is 3.86. The molecule has 2 N–H and O–H groups in total. The average molecular weight is 339 g/mol. The molecule has 6 heteroatoms. The van der Waals surface area contributed by atoms with Crippen LogP contribution in [0.3, 0.4) is 0 Å². The van der Waals surface area contributed by atoms with E-state index in [1.165, 1.54) is 6.92 Å². The van der Waals surface area contributed by atoms with Crippen LogP contribution < -0.4 is 10.1 Å². The second-order valence-corrected chi connectivity index (χ2v) is 5.93. The molecule has 0 bridgehead atoms. The summed E-state index contributed by atoms with van der Waals surface area (Å²) in [5.74, 6) is 1.38. The highest BCUT2D eigenvalue weighted by atomic mass is 16.5. The normalized spacial score (nSPS) is 12.1. The predicted octanol–water partition coefficient (Wildman–Crippen LogP) is 2.74. The summed E-state index contributed by atoms with van der Waals surface area (Å²) >= 11 is 0. The molecule has 0 fully saturated rings. The van der Waals surface area contributed by atoms with Crippen LogP contribution >= 0.6 is 0 Å². The van der Waals surface area contributed by atoms with Crippen LogP contribution in [0.4, 0.5) is 5.69 Å². The highest BCUT2D eigenvalue weighted by molar-refractivity contribution is 5.88. The Bertz CT molecular complexity index is 871. The van der Waals surface area contributed by atoms with E-state index in [1.54, 1.807) is 24.3 Å². The van der Waals surface area contributed by atoms with Gasteiger partial charge in [0.1, 0.15) is 24.3 Å². The van der Waals surface area contributed by atoms with E-state index in [-0.39, 0.29) is 12.5 Å². The van der Waals surface area contributed by atoms with Crippen LogP contribution in [0.5, 0.6) is 5.75 Å². The summed E-state index contributed by atoms with van der Waals surface area (Å²) < 4.78 is 7.62. The molecule has 0 aliphatic heterocycles. The van der Waals surface area contributed by atoms with Gasteiger partial charge in [0.05, 0.1) is 17.6 Å². The molecule has 130 valence electrons. The van der Waals surface area contributed by atoms with Crippen molar-refractivity contribution in [2.45, 2.75) is 26.5 Å². The number of ether oxygens (including phenoxy) is 1. The third kappa shape index (κ3) is 4.16. The Morgan fingerprint density at radius 1 is 1.24 bits per heavy atom. The van der Waals surface area contributed by atoms with Gasteiger partial charge in [0.25, 0.3) is 0 Å². The number of benzene rings is 2. The summed E-state index contributed by atoms with van der Waals surface area (Å²) in [6.45, 7) is 3.97. The molecular formula is C19H21N3O3. The number of hydrogen-bond donors (Lipinski definition) is 2. The number of carbonyl (C=O) groups is 1. The van der Waals surface area contributed by atoms with Gasteiger partial charge >= 0.3 is 0 Å². The van der Waals surface area contributed by atoms with Crippen LogP contribution in [0.15, 0.2) is 48.5 Å². The van der Waals surface area contributed by atoms with Gasteiger partial charge in [-0.1, -0.05) is 12.1 Å². The van der Waals surface area contributed by atoms with E-state index in [9.17, 15) is 9.90 Å². The molecule has 2 aromatic carbocycles. The number of nitrogens with zero attached hydrogens (tertiary/aromatic N) is 2. The lowest BCUT2D eigenvalue weighted by Gasteiger charge is -2.15. The summed E-state index contributed by atoms with van der Waals surface area (Å²) in [4.78, 5) is 15.5. The highest BCUT2D eigenvalue weighted by Gasteiger charge is 2.12. The Morgan fingerprint density at radius 2 is 1.96 bits per heavy atom. The number of aliphatic hydroxyl groups excluding tert-OH is 1. The van der Waals surface area contributed by atoms with Crippen LogP contribution in [0.25, 0.3) is 11.0 Å². The predicted molar refractivity (Wildman–Crippen MR) is 96.7 cm³/mol. The van der Waals surface area contributed by atoms with Crippen molar-refractivity contribution in [1.29, 1.82) is 0 Å². The Labute approximate surface area is 146 Å². The largest absolute Gasteiger partial charge is 0.491 e. The van der Waals surface area contributed by atoms with Gasteiger partial charge < -0.3 is 19.7 Å². The molecule has 0 radical (unpaired) electrons. The molecule has 0 saturated heterocycles. The highest BCUT2D eigenvalue weighted by Crippen LogP contribution is 2.18. The molecule has 0 spiro atoms. The maximum absolute atomic E-state index is 11.0. The zero-order valence-corrected chi connectivity index (χ0v) is 14.3. The first-order chi connectivity index (χ1) is 12.0. The number of aryl methyl sites for hydroxylation is 1. The third-order valence-electron chi connectivity index (χ3n) is 3.86. The molecule has 25 heavy (non-hydrogen) atoms. The lowest BCUT2D eigenvalue weighted by molar-refractivity contribution is -0.114. The zero-order valence-electron chi connectivity index (χ0n) is 14.3. The fraction of sp³-hybridized carbons (Fsp3) is 0.263. The van der Waals surface area contributed by atoms with Crippen LogP contribution in [0.1, 0.15) is 12.7 Å². The molecule has 6 nitrogen and oxygen atoms in total. The molecule has 3 aromatic rings. The van der Waals surface area contributed by atoms with Crippen LogP contribution in [-0.4, -0.2) is 33.3 Å². The molecule has 1 heterocycles. The summed E-state index contributed by atoms with van der Waals surface area (Å²) in [6, 6.07) is 14.9. The quantitative estimate of drug-likeness (QED) is 0.724. The topological polar surface area (TPSA) is 76.4 Å². The molecule has 1 aromatic heterocycles. The molecule has 3 rings (SSSR count). The molecule has 0 aliphatic rings. The summed E-state index contributed by atoms with van der Waals surface area (Å²) in [5.41, 5.74) is 2.63. The molecule has 1 amide bonds. The van der Waals surface area contributed by atoms with E-state index >= 15 is 0 Å². The Morgan fingerprint density at radius 3 is 2.68 bits per heavy atom. The second-order valence-electron chi connectivity index (χ2n) is 5.93. The number of aliphatic hydroxyl groups is 1. The van der Waals surface area contributed by atoms with E-state index in [0.717, 1.165) is 16.9 Å². The van der Waals surface area contributed by atoms with Crippen LogP contribution in [-0.2, 0) is 11.3 Å². The maximum Gasteiger partial charge on any atom is 0.221 e. The Kier molecular flexibility index (Phi) is 5.00. The minimum atomic E-state index is -0.661. The number of carbonyl (C=O) groups excluding carboxylic acids is 1. The van der Waals surface area contributed by atoms with E-state index in [4.69, 9.17) is 4.74 Å². The van der Waals surface area contributed by atoms with Gasteiger partial charge in [-0.2, -0.15) is 0 Å². The van der Waals surface area contributed by atoms with E-state index < -0.39 is 6.10 Å². The molecule has 0 unspecified atom stereocenters. The number of fused-ring (bicyclic) bond motifs is 1. The number of anilines is 1. The minimum Gasteiger partial charge on any atom is -0.491 e. The summed E-state index contributed by atoms with van der Waals surface area (Å²) in [6.07, 6.45) is -0.661. The smallest absolute Gasteiger partial charge is 0.221 e. The maximum atomic E-state index is 11.0. The SMILES string of the molecule is CC(=O)Nc1ccc(OC[C@@H](O)Cn2c(C)nc3ccccc32)cc1. The number of imidazole rings is 1. The summed E-state index contributed by atoms with van der Waals surface area (Å²) in [7, 11) is 0. The van der Waals surface area contributed by atoms with Gasteiger partial charge in [0, 0.05) is 12.6 Å². The zero-order chi connectivity index (χ0) is 17.8. The molecular weight excluding hydrogens is 318 g/mol. The average Bonchev–Trinajstić information content (AvgIpc) is 2.89. The van der Waals surface area contributed by atoms with Crippen molar-refractivity contribution in [3.05, 3.63) is 54.4 Å². The first kappa shape index (κ1) is 17.0. The van der Waals surface area contributed by atoms with Gasteiger partial charge in [-0.15, -0.1) is 0 Å². The van der Waals surface area contributed by atoms with Gasteiger partial charge in [-0.25, -0.2) is 4.98 Å². The van der Waals surface area contributed by atoms with Crippen LogP contribution in [0.2, 0.25) is 0 Å². The fourth-order valence-corrected chi connectivity index (χ4v) is 2.72. The second kappa shape index (κ2) is 7.36. The first-order valence-electron chi connectivity index (χ1n) is 8.13. The van der Waals surface area contributed by atoms with Gasteiger partial charge in [-0.3, -0.25) is 4.79 Å². The standard InChI is InChI=1S/C19H21N3O3/c1-13-20-18-5-3-4-6-19(18)22(13)11-16(24)12-25-17-9-7-15(8-10-17)21-14(2)23/h3-10,16,24H,11-12H2,1-2H3,(H,21,23)/t16-/m0/s1. The number of nitrogens with one attached hydrogen (secondary N) is 1. The minimum absolute atomic E-state index is 0.119. The van der Waals surface area contributed by atoms with Crippen molar-refractivity contribution in [2.75, 3.05) is 11.9 Å². The van der Waals surface area contributed by atoms with E-state index in [0.29, 0.717) is 18.0 Å². The molecule has 0 saturated carbocycles. The number of rotatable bonds is 6. The van der Waals surface area contributed by atoms with Crippen molar-refractivity contribution in [2.24, 2.45) is 0 Å². The Balaban J connectivity index is 1.60. The van der Waals surface area contributed by atoms with Gasteiger partial charge in [-0.05, 0) is 43.3 Å². The number of hydrogen-bond acceptors (Lipinski definition) is 4. The van der Waals surface area contributed by atoms with E-state index in [1.807, 2.05) is 35.8 Å². The lowest BCUT2D eigenvalue weighted by Crippen LogP contribution is -2.24. The van der Waals surface area contributed by atoms with Crippen molar-refractivity contribution in [3.63, 3.8) is 0 Å². The van der Waals surface area contributed by atoms with Gasteiger partial charge in [0.15, 0.2) is 0 Å². The van der Waals surface area contributed by atoms with Crippen molar-refractivity contribution in [1.82, 2.24) is 9.55 Å². The van der Waals surface area contributed by atoms with Gasteiger partial charge in [0.2, 0.25) is 5.91 Å². The molecule has 0 aliphatic carbocycles. The summed E-state index contributed by atoms with van der Waals surface area (Å²) in [5, 5.41) is 13.0. The lowest BCUT2D eigenvalue weighted by atomic mass is 10.3. The number of amides is 1. The van der Waals surface area contributed by atoms with Crippen molar-refractivity contribution >= 4 is 22.6 Å². The number of para-hydroxylation sites is 2. The molecule has 1 atom stereocenters. The number of aromatic nitrogens is 2. The van der Waals surface area contributed by atoms with Crippen molar-refractivity contribution in [3.8, 4) is 5.75 Å². The fourth-order valence-electron chi connectivity index (χ4n) is 2.72. The van der Waals surface area contributed by atoms with Crippen LogP contribution in [0, 0.1) is 6.92 Å². The van der Waals surface area contributed by atoms with Crippen molar-refractivity contribution < 1.29 is 14.6 Å². The monoisotopic (exact) mass is 339 g/mol. The van der Waals surface area contributed by atoms with E-state index in [2.05, 4.69) is 10.3 Å². The Hall–Kier alpha value is -2.86.